The molecular weight excluding hydrogens is 679 g/mol. The zero-order valence-corrected chi connectivity index (χ0v) is 29.4. The van der Waals surface area contributed by atoms with Gasteiger partial charge in [0.05, 0.1) is 37.7 Å². The number of pyridine rings is 3. The van der Waals surface area contributed by atoms with Crippen LogP contribution in [-0.2, 0) is 31.2 Å². The number of alkyl halides is 2. The first kappa shape index (κ1) is 34.9. The van der Waals surface area contributed by atoms with Crippen molar-refractivity contribution in [1.82, 2.24) is 28.4 Å². The van der Waals surface area contributed by atoms with Gasteiger partial charge in [-0.1, -0.05) is 0 Å². The van der Waals surface area contributed by atoms with E-state index < -0.39 is 24.5 Å². The van der Waals surface area contributed by atoms with Crippen molar-refractivity contribution in [3.8, 4) is 16.9 Å². The van der Waals surface area contributed by atoms with Crippen LogP contribution in [0.15, 0.2) is 70.9 Å². The van der Waals surface area contributed by atoms with Gasteiger partial charge in [0.15, 0.2) is 0 Å². The number of anilines is 3. The summed E-state index contributed by atoms with van der Waals surface area (Å²) in [7, 11) is 1.64. The summed E-state index contributed by atoms with van der Waals surface area (Å²) in [5.74, 6) is -2.09. The maximum Gasteiger partial charge on any atom is 0.280 e. The fourth-order valence-electron chi connectivity index (χ4n) is 7.51. The van der Waals surface area contributed by atoms with Crippen LogP contribution in [0.5, 0.6) is 0 Å². The molecule has 2 aliphatic heterocycles. The second kappa shape index (κ2) is 13.5. The molecule has 0 amide bonds. The molecule has 12 nitrogen and oxygen atoms in total. The number of aryl methyl sites for hydroxylation is 2. The van der Waals surface area contributed by atoms with Crippen molar-refractivity contribution in [3.05, 3.63) is 98.8 Å². The molecule has 51 heavy (non-hydrogen) atoms. The highest BCUT2D eigenvalue weighted by Crippen LogP contribution is 2.35. The van der Waals surface area contributed by atoms with Gasteiger partial charge in [-0.25, -0.2) is 18.7 Å². The zero-order chi connectivity index (χ0) is 34.7. The minimum absolute atomic E-state index is 0. The van der Waals surface area contributed by atoms with E-state index in [-0.39, 0.29) is 48.9 Å². The van der Waals surface area contributed by atoms with E-state index in [1.165, 1.54) is 21.4 Å². The van der Waals surface area contributed by atoms with Gasteiger partial charge in [0.1, 0.15) is 22.8 Å². The number of nitrogens with zero attached hydrogens (tertiary/aromatic N) is 7. The first-order valence-electron chi connectivity index (χ1n) is 16.8. The van der Waals surface area contributed by atoms with Gasteiger partial charge in [-0.05, 0) is 54.8 Å². The lowest BCUT2D eigenvalue weighted by Gasteiger charge is -2.46. The third kappa shape index (κ3) is 6.32. The Hall–Kier alpha value is -4.57. The molecule has 0 aromatic carbocycles. The summed E-state index contributed by atoms with van der Waals surface area (Å²) in [6, 6.07) is 9.62. The molecule has 0 spiro atoms. The number of aliphatic hydroxyl groups is 1. The fraction of sp³-hybridized carbons (Fsp3) is 0.389. The van der Waals surface area contributed by atoms with E-state index in [0.717, 1.165) is 38.5 Å². The number of nitrogens with one attached hydrogen (secondary N) is 1. The van der Waals surface area contributed by atoms with E-state index in [1.807, 2.05) is 18.3 Å². The van der Waals surface area contributed by atoms with Crippen LogP contribution in [0, 0.1) is 0 Å². The summed E-state index contributed by atoms with van der Waals surface area (Å²) in [6.07, 6.45) is 7.72. The summed E-state index contributed by atoms with van der Waals surface area (Å²) in [4.78, 5) is 40.9. The summed E-state index contributed by atoms with van der Waals surface area (Å²) in [5.41, 5.74) is 3.57. The Bertz CT molecular complexity index is 2220. The third-order valence-corrected chi connectivity index (χ3v) is 10.3. The Kier molecular flexibility index (Phi) is 9.24. The van der Waals surface area contributed by atoms with E-state index in [2.05, 4.69) is 32.0 Å². The van der Waals surface area contributed by atoms with E-state index in [4.69, 9.17) is 4.74 Å². The van der Waals surface area contributed by atoms with Gasteiger partial charge >= 0.3 is 0 Å². The van der Waals surface area contributed by atoms with Gasteiger partial charge in [0.25, 0.3) is 17.0 Å². The normalized spacial score (nSPS) is 19.0. The summed E-state index contributed by atoms with van der Waals surface area (Å²) >= 11 is 0. The molecule has 5 aromatic rings. The van der Waals surface area contributed by atoms with Crippen molar-refractivity contribution in [2.45, 2.75) is 50.8 Å². The number of piperazine rings is 1. The molecule has 2 N–H and O–H groups in total. The second-order valence-corrected chi connectivity index (χ2v) is 13.5. The van der Waals surface area contributed by atoms with E-state index in [9.17, 15) is 23.5 Å². The molecule has 0 saturated carbocycles. The average Bonchev–Trinajstić information content (AvgIpc) is 3.44. The first-order chi connectivity index (χ1) is 24.1. The van der Waals surface area contributed by atoms with Crippen molar-refractivity contribution in [3.63, 3.8) is 0 Å². The Morgan fingerprint density at radius 2 is 1.90 bits per heavy atom. The van der Waals surface area contributed by atoms with E-state index >= 15 is 0 Å². The second-order valence-electron chi connectivity index (χ2n) is 13.5. The van der Waals surface area contributed by atoms with Crippen molar-refractivity contribution >= 4 is 36.2 Å². The monoisotopic (exact) mass is 718 g/mol. The van der Waals surface area contributed by atoms with Crippen molar-refractivity contribution < 1.29 is 18.6 Å². The van der Waals surface area contributed by atoms with Gasteiger partial charge in [-0.2, -0.15) is 13.5 Å². The number of hydrogen-bond donors (Lipinski definition) is 2. The minimum atomic E-state index is -2.81. The molecule has 1 atom stereocenters. The van der Waals surface area contributed by atoms with Crippen LogP contribution in [-0.4, -0.2) is 84.4 Å². The topological polar surface area (TPSA) is 122 Å². The number of hydrogen-bond acceptors (Lipinski definition) is 9. The molecule has 0 unspecified atom stereocenters. The van der Waals surface area contributed by atoms with Crippen molar-refractivity contribution in [2.75, 3.05) is 43.1 Å². The number of aromatic nitrogens is 5. The van der Waals surface area contributed by atoms with E-state index in [1.54, 1.807) is 42.2 Å². The number of ether oxygens (including phenoxy) is 1. The van der Waals surface area contributed by atoms with Gasteiger partial charge < -0.3 is 29.0 Å². The van der Waals surface area contributed by atoms with Gasteiger partial charge in [-0.3, -0.25) is 19.1 Å². The van der Waals surface area contributed by atoms with Crippen molar-refractivity contribution in [1.29, 1.82) is 0 Å². The molecule has 7 heterocycles. The maximum absolute atomic E-state index is 14.1. The Morgan fingerprint density at radius 3 is 2.61 bits per heavy atom. The average molecular weight is 719 g/mol. The number of fused-ring (bicyclic) bond motifs is 3. The van der Waals surface area contributed by atoms with Gasteiger partial charge in [-0.15, -0.1) is 0 Å². The summed E-state index contributed by atoms with van der Waals surface area (Å²) < 4.78 is 38.1. The van der Waals surface area contributed by atoms with E-state index in [0.29, 0.717) is 45.8 Å². The molecule has 2 fully saturated rings. The molecular formula is C36H40F2N8O4S. The minimum Gasteiger partial charge on any atom is -0.392 e. The highest BCUT2D eigenvalue weighted by atomic mass is 32.1. The Balaban J connectivity index is 0.00000406. The number of halogens is 2. The number of rotatable bonds is 7. The molecule has 2 saturated heterocycles. The molecule has 0 bridgehead atoms. The lowest BCUT2D eigenvalue weighted by Crippen LogP contribution is -2.59. The smallest absolute Gasteiger partial charge is 0.280 e. The van der Waals surface area contributed by atoms with Crippen LogP contribution in [0.3, 0.4) is 0 Å². The lowest BCUT2D eigenvalue weighted by atomic mass is 9.94. The largest absolute Gasteiger partial charge is 0.392 e. The van der Waals surface area contributed by atoms with Gasteiger partial charge in [0, 0.05) is 87.2 Å². The van der Waals surface area contributed by atoms with Crippen LogP contribution in [0.4, 0.5) is 26.0 Å². The van der Waals surface area contributed by atoms with Crippen LogP contribution in [0.1, 0.15) is 30.2 Å². The Morgan fingerprint density at radius 1 is 1.08 bits per heavy atom. The molecule has 8 rings (SSSR count). The summed E-state index contributed by atoms with van der Waals surface area (Å²) in [5, 5.41) is 13.8. The van der Waals surface area contributed by atoms with Crippen LogP contribution in [0.25, 0.3) is 22.5 Å². The van der Waals surface area contributed by atoms with Crippen LogP contribution >= 0.6 is 13.5 Å². The lowest BCUT2D eigenvalue weighted by molar-refractivity contribution is -0.0691. The molecule has 3 aliphatic rings. The molecule has 5 aromatic heterocycles. The zero-order valence-electron chi connectivity index (χ0n) is 28.4. The SMILES string of the molecule is C[C@H]1CN(C2COC2)CCN1c1ccc(Nc2cc(-c3ccnc(-n4ccn5c6c(cc5c4=O)CC(F)(F)CC6)c3CO)cn(C)c2=O)nc1.S. The maximum atomic E-state index is 14.1. The highest BCUT2D eigenvalue weighted by Gasteiger charge is 2.36. The summed E-state index contributed by atoms with van der Waals surface area (Å²) in [6.45, 7) is 6.19. The van der Waals surface area contributed by atoms with Crippen molar-refractivity contribution in [2.24, 2.45) is 7.05 Å². The highest BCUT2D eigenvalue weighted by molar-refractivity contribution is 7.59. The molecule has 1 aliphatic carbocycles. The standard InChI is InChI=1S/C36H38F2N8O4.H2S/c1-22-17-43(26-20-50-21-26)9-10-44(22)25-3-4-32(40-16-25)41-29-13-24(18-42(2)34(29)48)27-6-8-39-33(28(27)19-47)46-12-11-45-30-5-7-36(37,38)15-23(30)14-31(45)35(46)49;/h3-4,6,8,11-14,16,18,22,26,47H,5,7,9-10,15,17,19-21H2,1-2H3,(H,40,41);1H2/t22-;/m0./s1. The molecule has 268 valence electrons. The molecule has 15 heteroatoms. The Labute approximate surface area is 299 Å². The van der Waals surface area contributed by atoms with Gasteiger partial charge in [0.2, 0.25) is 0 Å². The quantitative estimate of drug-likeness (QED) is 0.260. The predicted octanol–water partition coefficient (Wildman–Crippen LogP) is 3.63. The van der Waals surface area contributed by atoms with Crippen LogP contribution < -0.4 is 21.3 Å². The third-order valence-electron chi connectivity index (χ3n) is 10.3. The van der Waals surface area contributed by atoms with Crippen LogP contribution in [0.2, 0.25) is 0 Å². The molecule has 0 radical (unpaired) electrons. The predicted molar refractivity (Wildman–Crippen MR) is 195 cm³/mol. The number of aliphatic hydroxyl groups excluding tert-OH is 1. The first-order valence-corrected chi connectivity index (χ1v) is 16.8. The fourth-order valence-corrected chi connectivity index (χ4v) is 7.51.